The van der Waals surface area contributed by atoms with Crippen molar-refractivity contribution in [1.29, 1.82) is 0 Å². The van der Waals surface area contributed by atoms with Gasteiger partial charge in [-0.05, 0) is 24.3 Å². The van der Waals surface area contributed by atoms with E-state index in [9.17, 15) is 26.7 Å². The van der Waals surface area contributed by atoms with E-state index >= 15 is 0 Å². The number of hydrazine groups is 1. The molecule has 2 N–H and O–H groups in total. The maximum absolute atomic E-state index is 12.8. The Bertz CT molecular complexity index is 719. The third-order valence-electron chi connectivity index (χ3n) is 2.89. The molecule has 4 nitrogen and oxygen atoms in total. The van der Waals surface area contributed by atoms with E-state index in [-0.39, 0.29) is 11.3 Å². The van der Waals surface area contributed by atoms with Crippen LogP contribution in [0, 0.1) is 0 Å². The second kappa shape index (κ2) is 7.16. The highest BCUT2D eigenvalue weighted by Gasteiger charge is 2.33. The Balaban J connectivity index is 2.15. The van der Waals surface area contributed by atoms with Crippen LogP contribution in [0.5, 0.6) is 5.75 Å². The van der Waals surface area contributed by atoms with Crippen LogP contribution in [0.1, 0.15) is 15.9 Å². The Kier molecular flexibility index (Phi) is 5.22. The van der Waals surface area contributed by atoms with E-state index in [0.29, 0.717) is 0 Å². The molecule has 0 aliphatic carbocycles. The standard InChI is InChI=1S/C15H11F5N2O2/c16-14(17)24-12-8-4-1-5-9(12)13(23)22-21-11-7-3-2-6-10(11)15(18,19)20/h1-8,14,21H,(H,22,23). The zero-order valence-corrected chi connectivity index (χ0v) is 11.9. The average molecular weight is 346 g/mol. The molecular weight excluding hydrogens is 335 g/mol. The predicted molar refractivity (Wildman–Crippen MR) is 75.6 cm³/mol. The third kappa shape index (κ3) is 4.34. The van der Waals surface area contributed by atoms with Gasteiger partial charge in [0.2, 0.25) is 0 Å². The Hall–Kier alpha value is -2.84. The largest absolute Gasteiger partial charge is 0.434 e. The number of para-hydroxylation sites is 2. The molecule has 2 aromatic carbocycles. The van der Waals surface area contributed by atoms with Gasteiger partial charge in [-0.3, -0.25) is 15.6 Å². The van der Waals surface area contributed by atoms with Gasteiger partial charge in [-0.25, -0.2) is 0 Å². The summed E-state index contributed by atoms with van der Waals surface area (Å²) in [6.45, 7) is -3.14. The minimum Gasteiger partial charge on any atom is -0.434 e. The quantitative estimate of drug-likeness (QED) is 0.634. The first-order chi connectivity index (χ1) is 11.3. The second-order valence-corrected chi connectivity index (χ2v) is 4.50. The molecule has 0 radical (unpaired) electrons. The van der Waals surface area contributed by atoms with Crippen molar-refractivity contribution in [1.82, 2.24) is 5.43 Å². The normalized spacial score (nSPS) is 11.2. The molecule has 2 rings (SSSR count). The summed E-state index contributed by atoms with van der Waals surface area (Å²) in [6.07, 6.45) is -4.62. The molecule has 24 heavy (non-hydrogen) atoms. The summed E-state index contributed by atoms with van der Waals surface area (Å²) in [5.74, 6) is -1.32. The first kappa shape index (κ1) is 17.5. The molecule has 1 amide bonds. The highest BCUT2D eigenvalue weighted by molar-refractivity contribution is 5.97. The summed E-state index contributed by atoms with van der Waals surface area (Å²) in [4.78, 5) is 12.0. The van der Waals surface area contributed by atoms with Crippen LogP contribution in [0.25, 0.3) is 0 Å². The fourth-order valence-corrected chi connectivity index (χ4v) is 1.88. The topological polar surface area (TPSA) is 50.4 Å². The van der Waals surface area contributed by atoms with Gasteiger partial charge in [0.05, 0.1) is 16.8 Å². The monoisotopic (exact) mass is 346 g/mol. The molecule has 0 heterocycles. The highest BCUT2D eigenvalue weighted by Crippen LogP contribution is 2.34. The summed E-state index contributed by atoms with van der Waals surface area (Å²) in [5.41, 5.74) is 2.54. The number of hydrogen-bond acceptors (Lipinski definition) is 3. The summed E-state index contributed by atoms with van der Waals surface area (Å²) in [6, 6.07) is 9.61. The fourth-order valence-electron chi connectivity index (χ4n) is 1.88. The predicted octanol–water partition coefficient (Wildman–Crippen LogP) is 4.06. The summed E-state index contributed by atoms with van der Waals surface area (Å²) >= 11 is 0. The second-order valence-electron chi connectivity index (χ2n) is 4.50. The van der Waals surface area contributed by atoms with Crippen molar-refractivity contribution in [2.45, 2.75) is 12.8 Å². The Morgan fingerprint density at radius 1 is 1.00 bits per heavy atom. The molecule has 0 saturated heterocycles. The first-order valence-electron chi connectivity index (χ1n) is 6.55. The molecule has 0 aliphatic rings. The number of ether oxygens (including phenoxy) is 1. The van der Waals surface area contributed by atoms with E-state index in [1.165, 1.54) is 30.3 Å². The number of nitrogens with one attached hydrogen (secondary N) is 2. The Morgan fingerprint density at radius 2 is 1.62 bits per heavy atom. The maximum atomic E-state index is 12.8. The molecule has 0 unspecified atom stereocenters. The molecular formula is C15H11F5N2O2. The number of amides is 1. The lowest BCUT2D eigenvalue weighted by molar-refractivity contribution is -0.137. The minimum atomic E-state index is -4.62. The van der Waals surface area contributed by atoms with Crippen molar-refractivity contribution in [3.63, 3.8) is 0 Å². The van der Waals surface area contributed by atoms with E-state index < -0.39 is 30.0 Å². The highest BCUT2D eigenvalue weighted by atomic mass is 19.4. The van der Waals surface area contributed by atoms with Gasteiger partial charge in [0.1, 0.15) is 5.75 Å². The maximum Gasteiger partial charge on any atom is 0.418 e. The van der Waals surface area contributed by atoms with Gasteiger partial charge in [-0.2, -0.15) is 22.0 Å². The number of benzene rings is 2. The van der Waals surface area contributed by atoms with Crippen molar-refractivity contribution in [2.75, 3.05) is 5.43 Å². The van der Waals surface area contributed by atoms with Gasteiger partial charge >= 0.3 is 12.8 Å². The zero-order valence-electron chi connectivity index (χ0n) is 11.9. The van der Waals surface area contributed by atoms with Gasteiger partial charge in [-0.1, -0.05) is 24.3 Å². The molecule has 0 spiro atoms. The number of alkyl halides is 5. The molecule has 9 heteroatoms. The lowest BCUT2D eigenvalue weighted by Gasteiger charge is -2.16. The van der Waals surface area contributed by atoms with Crippen molar-refractivity contribution in [2.24, 2.45) is 0 Å². The number of anilines is 1. The third-order valence-corrected chi connectivity index (χ3v) is 2.89. The van der Waals surface area contributed by atoms with Crippen LogP contribution in [-0.4, -0.2) is 12.5 Å². The van der Waals surface area contributed by atoms with Crippen LogP contribution < -0.4 is 15.6 Å². The van der Waals surface area contributed by atoms with Gasteiger partial charge in [0.25, 0.3) is 5.91 Å². The van der Waals surface area contributed by atoms with E-state index in [4.69, 9.17) is 0 Å². The fraction of sp³-hybridized carbons (Fsp3) is 0.133. The van der Waals surface area contributed by atoms with Crippen molar-refractivity contribution < 1.29 is 31.5 Å². The van der Waals surface area contributed by atoms with Crippen LogP contribution >= 0.6 is 0 Å². The summed E-state index contributed by atoms with van der Waals surface area (Å²) < 4.78 is 67.3. The first-order valence-corrected chi connectivity index (χ1v) is 6.55. The molecule has 2 aromatic rings. The molecule has 0 aliphatic heterocycles. The zero-order chi connectivity index (χ0) is 17.7. The van der Waals surface area contributed by atoms with Gasteiger partial charge in [0.15, 0.2) is 0 Å². The van der Waals surface area contributed by atoms with Crippen LogP contribution in [0.4, 0.5) is 27.6 Å². The molecule has 128 valence electrons. The lowest BCUT2D eigenvalue weighted by Crippen LogP contribution is -2.31. The number of hydrogen-bond donors (Lipinski definition) is 2. The van der Waals surface area contributed by atoms with Crippen LogP contribution in [0.2, 0.25) is 0 Å². The molecule has 0 saturated carbocycles. The minimum absolute atomic E-state index is 0.255. The lowest BCUT2D eigenvalue weighted by atomic mass is 10.1. The van der Waals surface area contributed by atoms with Crippen molar-refractivity contribution in [3.8, 4) is 5.75 Å². The van der Waals surface area contributed by atoms with Gasteiger partial charge in [-0.15, -0.1) is 0 Å². The van der Waals surface area contributed by atoms with Crippen LogP contribution in [0.15, 0.2) is 48.5 Å². The van der Waals surface area contributed by atoms with Crippen molar-refractivity contribution in [3.05, 3.63) is 59.7 Å². The molecule has 0 bridgehead atoms. The SMILES string of the molecule is O=C(NNc1ccccc1C(F)(F)F)c1ccccc1OC(F)F. The summed E-state index contributed by atoms with van der Waals surface area (Å²) in [7, 11) is 0. The molecule has 0 atom stereocenters. The Morgan fingerprint density at radius 3 is 2.29 bits per heavy atom. The smallest absolute Gasteiger partial charge is 0.418 e. The van der Waals surface area contributed by atoms with E-state index in [1.807, 2.05) is 5.43 Å². The van der Waals surface area contributed by atoms with Gasteiger partial charge < -0.3 is 4.74 Å². The molecule has 0 aromatic heterocycles. The van der Waals surface area contributed by atoms with E-state index in [0.717, 1.165) is 18.2 Å². The summed E-state index contributed by atoms with van der Waals surface area (Å²) in [5, 5.41) is 0. The van der Waals surface area contributed by atoms with Crippen molar-refractivity contribution >= 4 is 11.6 Å². The number of carbonyl (C=O) groups is 1. The van der Waals surface area contributed by atoms with E-state index in [2.05, 4.69) is 10.2 Å². The average Bonchev–Trinajstić information content (AvgIpc) is 2.52. The number of rotatable bonds is 5. The molecule has 0 fully saturated rings. The number of halogens is 5. The van der Waals surface area contributed by atoms with Gasteiger partial charge in [0, 0.05) is 0 Å². The number of carbonyl (C=O) groups excluding carboxylic acids is 1. The Labute approximate surface area is 133 Å². The van der Waals surface area contributed by atoms with E-state index in [1.54, 1.807) is 0 Å². The van der Waals surface area contributed by atoms with Crippen LogP contribution in [-0.2, 0) is 6.18 Å². The van der Waals surface area contributed by atoms with Crippen LogP contribution in [0.3, 0.4) is 0 Å².